The van der Waals surface area contributed by atoms with Gasteiger partial charge in [0.2, 0.25) is 0 Å². The minimum atomic E-state index is 0.598. The zero-order valence-corrected chi connectivity index (χ0v) is 17.1. The molecule has 152 valence electrons. The molecular formula is C21H35N3O3. The first-order valence-electron chi connectivity index (χ1n) is 9.99. The van der Waals surface area contributed by atoms with Crippen molar-refractivity contribution < 1.29 is 14.2 Å². The number of aliphatic imine (C=N–C) groups is 1. The summed E-state index contributed by atoms with van der Waals surface area (Å²) in [6, 6.07) is 6.19. The van der Waals surface area contributed by atoms with Gasteiger partial charge in [0.05, 0.1) is 6.54 Å². The molecule has 1 aromatic rings. The van der Waals surface area contributed by atoms with E-state index in [-0.39, 0.29) is 0 Å². The highest BCUT2D eigenvalue weighted by atomic mass is 16.5. The summed E-state index contributed by atoms with van der Waals surface area (Å²) in [7, 11) is 1.78. The molecule has 6 heteroatoms. The van der Waals surface area contributed by atoms with E-state index in [2.05, 4.69) is 47.7 Å². The molecule has 2 N–H and O–H groups in total. The number of hydrogen-bond donors (Lipinski definition) is 2. The Labute approximate surface area is 163 Å². The molecule has 1 saturated heterocycles. The molecule has 0 unspecified atom stereocenters. The fraction of sp³-hybridized carbons (Fsp3) is 0.667. The number of ether oxygens (including phenoxy) is 3. The molecule has 27 heavy (non-hydrogen) atoms. The molecule has 6 nitrogen and oxygen atoms in total. The lowest BCUT2D eigenvalue weighted by atomic mass is 10.0. The van der Waals surface area contributed by atoms with Gasteiger partial charge in [-0.2, -0.15) is 0 Å². The van der Waals surface area contributed by atoms with Crippen LogP contribution in [0, 0.1) is 19.8 Å². The van der Waals surface area contributed by atoms with Crippen molar-refractivity contribution in [3.63, 3.8) is 0 Å². The van der Waals surface area contributed by atoms with E-state index in [1.54, 1.807) is 7.05 Å². The maximum atomic E-state index is 5.90. The van der Waals surface area contributed by atoms with E-state index in [4.69, 9.17) is 14.2 Å². The van der Waals surface area contributed by atoms with Crippen molar-refractivity contribution in [2.45, 2.75) is 33.1 Å². The third-order valence-corrected chi connectivity index (χ3v) is 4.73. The monoisotopic (exact) mass is 377 g/mol. The summed E-state index contributed by atoms with van der Waals surface area (Å²) < 4.78 is 17.1. The van der Waals surface area contributed by atoms with Crippen LogP contribution in [0.15, 0.2) is 23.2 Å². The van der Waals surface area contributed by atoms with Gasteiger partial charge >= 0.3 is 0 Å². The van der Waals surface area contributed by atoms with Gasteiger partial charge in [-0.3, -0.25) is 4.99 Å². The van der Waals surface area contributed by atoms with Crippen LogP contribution in [-0.4, -0.2) is 59.1 Å². The largest absolute Gasteiger partial charge is 0.491 e. The van der Waals surface area contributed by atoms with Crippen molar-refractivity contribution in [1.29, 1.82) is 0 Å². The smallest absolute Gasteiger partial charge is 0.191 e. The number of nitrogens with one attached hydrogen (secondary N) is 2. The van der Waals surface area contributed by atoms with Crippen molar-refractivity contribution >= 4 is 5.96 Å². The maximum Gasteiger partial charge on any atom is 0.191 e. The van der Waals surface area contributed by atoms with E-state index in [9.17, 15) is 0 Å². The molecule has 0 atom stereocenters. The van der Waals surface area contributed by atoms with Gasteiger partial charge in [0.1, 0.15) is 12.4 Å². The third kappa shape index (κ3) is 8.18. The molecule has 0 aliphatic carbocycles. The lowest BCUT2D eigenvalue weighted by molar-refractivity contribution is 0.0203. The molecule has 0 aromatic heterocycles. The van der Waals surface area contributed by atoms with E-state index in [0.717, 1.165) is 63.9 Å². The van der Waals surface area contributed by atoms with Crippen LogP contribution in [0.3, 0.4) is 0 Å². The van der Waals surface area contributed by atoms with Crippen LogP contribution in [-0.2, 0) is 9.47 Å². The Balaban J connectivity index is 1.51. The molecular weight excluding hydrogens is 342 g/mol. The molecule has 2 rings (SSSR count). The predicted molar refractivity (Wildman–Crippen MR) is 110 cm³/mol. The number of nitrogens with zero attached hydrogens (tertiary/aromatic N) is 1. The predicted octanol–water partition coefficient (Wildman–Crippen LogP) is 2.68. The average molecular weight is 378 g/mol. The highest BCUT2D eigenvalue weighted by Gasteiger charge is 2.13. The normalized spacial score (nSPS) is 15.6. The van der Waals surface area contributed by atoms with Crippen molar-refractivity contribution in [3.8, 4) is 5.75 Å². The number of rotatable bonds is 10. The van der Waals surface area contributed by atoms with Crippen LogP contribution in [0.25, 0.3) is 0 Å². The summed E-state index contributed by atoms with van der Waals surface area (Å²) in [6.07, 6.45) is 3.21. The molecule has 0 saturated carbocycles. The summed E-state index contributed by atoms with van der Waals surface area (Å²) in [5.74, 6) is 2.44. The number of guanidine groups is 1. The zero-order chi connectivity index (χ0) is 19.3. The van der Waals surface area contributed by atoms with Gasteiger partial charge in [-0.1, -0.05) is 18.2 Å². The maximum absolute atomic E-state index is 5.90. The van der Waals surface area contributed by atoms with Gasteiger partial charge in [-0.25, -0.2) is 0 Å². The average Bonchev–Trinajstić information content (AvgIpc) is 2.68. The van der Waals surface area contributed by atoms with Crippen molar-refractivity contribution in [1.82, 2.24) is 10.6 Å². The number of benzene rings is 1. The second-order valence-corrected chi connectivity index (χ2v) is 6.98. The van der Waals surface area contributed by atoms with Gasteiger partial charge in [-0.05, 0) is 50.2 Å². The van der Waals surface area contributed by atoms with Gasteiger partial charge in [0.15, 0.2) is 5.96 Å². The first-order valence-corrected chi connectivity index (χ1v) is 9.99. The molecule has 0 bridgehead atoms. The van der Waals surface area contributed by atoms with Crippen LogP contribution < -0.4 is 15.4 Å². The number of aryl methyl sites for hydroxylation is 2. The summed E-state index contributed by atoms with van der Waals surface area (Å²) in [6.45, 7) is 9.67. The first-order chi connectivity index (χ1) is 13.2. The first kappa shape index (κ1) is 21.5. The number of hydrogen-bond acceptors (Lipinski definition) is 4. The van der Waals surface area contributed by atoms with Crippen LogP contribution in [0.2, 0.25) is 0 Å². The van der Waals surface area contributed by atoms with Gasteiger partial charge < -0.3 is 24.8 Å². The topological polar surface area (TPSA) is 64.1 Å². The van der Waals surface area contributed by atoms with Crippen LogP contribution in [0.5, 0.6) is 5.75 Å². The lowest BCUT2D eigenvalue weighted by Gasteiger charge is -2.21. The van der Waals surface area contributed by atoms with Gasteiger partial charge in [0, 0.05) is 40.0 Å². The molecule has 1 heterocycles. The minimum Gasteiger partial charge on any atom is -0.491 e. The standard InChI is InChI=1S/C21H35N3O3/c1-17-6-4-7-18(2)20(17)27-15-11-24-21(22-3)23-10-5-12-26-16-19-8-13-25-14-9-19/h4,6-7,19H,5,8-16H2,1-3H3,(H2,22,23,24). The zero-order valence-electron chi connectivity index (χ0n) is 17.1. The summed E-state index contributed by atoms with van der Waals surface area (Å²) in [5.41, 5.74) is 2.33. The highest BCUT2D eigenvalue weighted by Crippen LogP contribution is 2.21. The Morgan fingerprint density at radius 2 is 1.81 bits per heavy atom. The molecule has 1 fully saturated rings. The Kier molecular flexibility index (Phi) is 10.0. The van der Waals surface area contributed by atoms with E-state index in [0.29, 0.717) is 19.1 Å². The highest BCUT2D eigenvalue weighted by molar-refractivity contribution is 5.79. The minimum absolute atomic E-state index is 0.598. The summed E-state index contributed by atoms with van der Waals surface area (Å²) in [5, 5.41) is 6.59. The van der Waals surface area contributed by atoms with Gasteiger partial charge in [0.25, 0.3) is 0 Å². The third-order valence-electron chi connectivity index (χ3n) is 4.73. The molecule has 0 spiro atoms. The Morgan fingerprint density at radius 1 is 1.11 bits per heavy atom. The summed E-state index contributed by atoms with van der Waals surface area (Å²) >= 11 is 0. The molecule has 0 radical (unpaired) electrons. The summed E-state index contributed by atoms with van der Waals surface area (Å²) in [4.78, 5) is 4.24. The van der Waals surface area contributed by atoms with Crippen LogP contribution >= 0.6 is 0 Å². The molecule has 1 aliphatic heterocycles. The molecule has 1 aliphatic rings. The Bertz CT molecular complexity index is 552. The number of para-hydroxylation sites is 1. The van der Waals surface area contributed by atoms with E-state index >= 15 is 0 Å². The molecule has 0 amide bonds. The second kappa shape index (κ2) is 12.6. The van der Waals surface area contributed by atoms with Crippen molar-refractivity contribution in [2.75, 3.05) is 53.2 Å². The van der Waals surface area contributed by atoms with Crippen molar-refractivity contribution in [3.05, 3.63) is 29.3 Å². The second-order valence-electron chi connectivity index (χ2n) is 6.98. The van der Waals surface area contributed by atoms with Crippen molar-refractivity contribution in [2.24, 2.45) is 10.9 Å². The SMILES string of the molecule is CN=C(NCCCOCC1CCOCC1)NCCOc1c(C)cccc1C. The van der Waals surface area contributed by atoms with Gasteiger partial charge in [-0.15, -0.1) is 0 Å². The Morgan fingerprint density at radius 3 is 2.52 bits per heavy atom. The Hall–Kier alpha value is -1.79. The van der Waals surface area contributed by atoms with E-state index in [1.807, 2.05) is 0 Å². The molecule has 1 aromatic carbocycles. The van der Waals surface area contributed by atoms with Crippen LogP contribution in [0.1, 0.15) is 30.4 Å². The van der Waals surface area contributed by atoms with E-state index < -0.39 is 0 Å². The van der Waals surface area contributed by atoms with Crippen LogP contribution in [0.4, 0.5) is 0 Å². The van der Waals surface area contributed by atoms with E-state index in [1.165, 1.54) is 11.1 Å². The fourth-order valence-corrected chi connectivity index (χ4v) is 3.11. The quantitative estimate of drug-likeness (QED) is 0.373. The fourth-order valence-electron chi connectivity index (χ4n) is 3.11. The lowest BCUT2D eigenvalue weighted by Crippen LogP contribution is -2.40.